The lowest BCUT2D eigenvalue weighted by molar-refractivity contribution is -0.119. The molecular formula is C18H23NO. The highest BCUT2D eigenvalue weighted by atomic mass is 16.2. The fourth-order valence-electron chi connectivity index (χ4n) is 3.53. The number of carbonyl (C=O) groups excluding carboxylic acids is 1. The van der Waals surface area contributed by atoms with E-state index >= 15 is 0 Å². The van der Waals surface area contributed by atoms with Crippen molar-refractivity contribution in [1.29, 1.82) is 0 Å². The van der Waals surface area contributed by atoms with Crippen LogP contribution in [0, 0.1) is 6.92 Å². The van der Waals surface area contributed by atoms with Crippen LogP contribution in [0.3, 0.4) is 0 Å². The second-order valence-corrected chi connectivity index (χ2v) is 6.27. The van der Waals surface area contributed by atoms with E-state index in [1.807, 2.05) is 0 Å². The fourth-order valence-corrected chi connectivity index (χ4v) is 3.53. The van der Waals surface area contributed by atoms with E-state index in [4.69, 9.17) is 0 Å². The van der Waals surface area contributed by atoms with Gasteiger partial charge in [0.05, 0.1) is 5.54 Å². The van der Waals surface area contributed by atoms with Gasteiger partial charge in [-0.15, -0.1) is 0 Å². The maximum Gasteiger partial charge on any atom is 0.220 e. The van der Waals surface area contributed by atoms with E-state index in [9.17, 15) is 4.79 Å². The van der Waals surface area contributed by atoms with E-state index in [-0.39, 0.29) is 11.4 Å². The first-order chi connectivity index (χ1) is 9.68. The number of nitrogens with one attached hydrogen (secondary N) is 1. The van der Waals surface area contributed by atoms with Gasteiger partial charge in [0.2, 0.25) is 5.91 Å². The van der Waals surface area contributed by atoms with Crippen molar-refractivity contribution in [2.75, 3.05) is 0 Å². The molecule has 1 amide bonds. The summed E-state index contributed by atoms with van der Waals surface area (Å²) in [6.07, 6.45) is 9.80. The summed E-state index contributed by atoms with van der Waals surface area (Å²) >= 11 is 0. The van der Waals surface area contributed by atoms with E-state index in [1.54, 1.807) is 0 Å². The zero-order valence-electron chi connectivity index (χ0n) is 12.2. The van der Waals surface area contributed by atoms with Gasteiger partial charge in [-0.1, -0.05) is 35.9 Å². The zero-order valence-corrected chi connectivity index (χ0v) is 12.2. The molecule has 2 aliphatic rings. The van der Waals surface area contributed by atoms with Crippen LogP contribution in [0.2, 0.25) is 0 Å². The van der Waals surface area contributed by atoms with Crippen molar-refractivity contribution in [2.24, 2.45) is 0 Å². The van der Waals surface area contributed by atoms with Gasteiger partial charge in [0.15, 0.2) is 0 Å². The maximum atomic E-state index is 11.8. The number of hydrogen-bond acceptors (Lipinski definition) is 1. The Balaban J connectivity index is 1.88. The number of rotatable bonds is 3. The summed E-state index contributed by atoms with van der Waals surface area (Å²) in [6.45, 7) is 2.11. The third-order valence-corrected chi connectivity index (χ3v) is 4.69. The molecule has 1 fully saturated rings. The van der Waals surface area contributed by atoms with E-state index in [0.717, 1.165) is 19.3 Å². The average Bonchev–Trinajstić information content (AvgIpc) is 2.85. The van der Waals surface area contributed by atoms with Crippen molar-refractivity contribution in [3.05, 3.63) is 47.0 Å². The van der Waals surface area contributed by atoms with E-state index in [1.165, 1.54) is 36.0 Å². The topological polar surface area (TPSA) is 29.1 Å². The van der Waals surface area contributed by atoms with E-state index in [0.29, 0.717) is 6.42 Å². The van der Waals surface area contributed by atoms with Gasteiger partial charge >= 0.3 is 0 Å². The number of benzene rings is 1. The van der Waals surface area contributed by atoms with Crippen LogP contribution in [0.15, 0.2) is 35.9 Å². The van der Waals surface area contributed by atoms with Crippen LogP contribution < -0.4 is 5.32 Å². The number of hydrogen-bond donors (Lipinski definition) is 1. The lowest BCUT2D eigenvalue weighted by atomic mass is 9.77. The molecule has 0 saturated carbocycles. The fraction of sp³-hybridized carbons (Fsp3) is 0.500. The van der Waals surface area contributed by atoms with Gasteiger partial charge < -0.3 is 5.32 Å². The Morgan fingerprint density at radius 1 is 1.15 bits per heavy atom. The Kier molecular flexibility index (Phi) is 3.64. The molecular weight excluding hydrogens is 246 g/mol. The third-order valence-electron chi connectivity index (χ3n) is 4.69. The second kappa shape index (κ2) is 5.43. The summed E-state index contributed by atoms with van der Waals surface area (Å²) < 4.78 is 0. The van der Waals surface area contributed by atoms with Crippen molar-refractivity contribution in [3.63, 3.8) is 0 Å². The van der Waals surface area contributed by atoms with Gasteiger partial charge in [-0.2, -0.15) is 0 Å². The lowest BCUT2D eigenvalue weighted by Gasteiger charge is -2.34. The molecule has 106 valence electrons. The van der Waals surface area contributed by atoms with E-state index in [2.05, 4.69) is 42.6 Å². The summed E-state index contributed by atoms with van der Waals surface area (Å²) in [6, 6.07) is 8.72. The van der Waals surface area contributed by atoms with Gasteiger partial charge in [0.25, 0.3) is 0 Å². The van der Waals surface area contributed by atoms with Gasteiger partial charge in [-0.05, 0) is 56.6 Å². The lowest BCUT2D eigenvalue weighted by Crippen LogP contribution is -2.45. The Bertz CT molecular complexity index is 529. The Morgan fingerprint density at radius 3 is 2.55 bits per heavy atom. The molecule has 1 saturated heterocycles. The van der Waals surface area contributed by atoms with Gasteiger partial charge in [-0.3, -0.25) is 4.79 Å². The predicted octanol–water partition coefficient (Wildman–Crippen LogP) is 3.69. The Morgan fingerprint density at radius 2 is 1.95 bits per heavy atom. The summed E-state index contributed by atoms with van der Waals surface area (Å²) in [5.41, 5.74) is 3.97. The van der Waals surface area contributed by atoms with Crippen molar-refractivity contribution in [1.82, 2.24) is 5.32 Å². The van der Waals surface area contributed by atoms with Crippen LogP contribution >= 0.6 is 0 Å². The SMILES string of the molecule is Cc1ccc(CC2(C3=CCCCC3)CCC(=O)N2)cc1. The molecule has 20 heavy (non-hydrogen) atoms. The molecule has 2 heteroatoms. The molecule has 1 aromatic rings. The molecule has 0 spiro atoms. The van der Waals surface area contributed by atoms with Crippen LogP contribution in [-0.4, -0.2) is 11.4 Å². The minimum Gasteiger partial charge on any atom is -0.347 e. The molecule has 1 atom stereocenters. The monoisotopic (exact) mass is 269 g/mol. The molecule has 1 aliphatic carbocycles. The molecule has 1 N–H and O–H groups in total. The molecule has 0 radical (unpaired) electrons. The van der Waals surface area contributed by atoms with Crippen molar-refractivity contribution in [2.45, 2.75) is 57.4 Å². The van der Waals surface area contributed by atoms with Crippen LogP contribution in [0.25, 0.3) is 0 Å². The number of amides is 1. The Hall–Kier alpha value is -1.57. The van der Waals surface area contributed by atoms with Crippen LogP contribution in [0.5, 0.6) is 0 Å². The molecule has 1 aliphatic heterocycles. The molecule has 2 nitrogen and oxygen atoms in total. The largest absolute Gasteiger partial charge is 0.347 e. The first-order valence-electron chi connectivity index (χ1n) is 7.74. The maximum absolute atomic E-state index is 11.8. The van der Waals surface area contributed by atoms with Crippen molar-refractivity contribution < 1.29 is 4.79 Å². The van der Waals surface area contributed by atoms with Crippen LogP contribution in [0.4, 0.5) is 0 Å². The summed E-state index contributed by atoms with van der Waals surface area (Å²) in [4.78, 5) is 11.8. The molecule has 0 aromatic heterocycles. The highest BCUT2D eigenvalue weighted by Crippen LogP contribution is 2.37. The minimum absolute atomic E-state index is 0.104. The first kappa shape index (κ1) is 13.4. The quantitative estimate of drug-likeness (QED) is 0.833. The number of allylic oxidation sites excluding steroid dienone is 1. The highest BCUT2D eigenvalue weighted by Gasteiger charge is 2.40. The average molecular weight is 269 g/mol. The third kappa shape index (κ3) is 2.65. The predicted molar refractivity (Wildman–Crippen MR) is 81.5 cm³/mol. The second-order valence-electron chi connectivity index (χ2n) is 6.27. The number of aryl methyl sites for hydroxylation is 1. The first-order valence-corrected chi connectivity index (χ1v) is 7.74. The summed E-state index contributed by atoms with van der Waals surface area (Å²) in [5.74, 6) is 0.212. The Labute approximate surface area is 121 Å². The van der Waals surface area contributed by atoms with Crippen molar-refractivity contribution >= 4 is 5.91 Å². The van der Waals surface area contributed by atoms with Crippen molar-refractivity contribution in [3.8, 4) is 0 Å². The molecule has 1 aromatic carbocycles. The molecule has 1 heterocycles. The van der Waals surface area contributed by atoms with Gasteiger partial charge in [-0.25, -0.2) is 0 Å². The summed E-state index contributed by atoms with van der Waals surface area (Å²) in [5, 5.41) is 3.29. The molecule has 3 rings (SSSR count). The van der Waals surface area contributed by atoms with Gasteiger partial charge in [0.1, 0.15) is 0 Å². The standard InChI is InChI=1S/C18H23NO/c1-14-7-9-15(10-8-14)13-18(12-11-17(20)19-18)16-5-3-2-4-6-16/h5,7-10H,2-4,6,11-13H2,1H3,(H,19,20). The van der Waals surface area contributed by atoms with Crippen LogP contribution in [-0.2, 0) is 11.2 Å². The zero-order chi connectivity index (χ0) is 14.0. The van der Waals surface area contributed by atoms with Gasteiger partial charge in [0, 0.05) is 6.42 Å². The smallest absolute Gasteiger partial charge is 0.220 e. The minimum atomic E-state index is -0.104. The normalized spacial score (nSPS) is 26.2. The van der Waals surface area contributed by atoms with Crippen LogP contribution in [0.1, 0.15) is 49.7 Å². The number of carbonyl (C=O) groups is 1. The molecule has 0 bridgehead atoms. The van der Waals surface area contributed by atoms with E-state index < -0.39 is 0 Å². The summed E-state index contributed by atoms with van der Waals surface area (Å²) in [7, 11) is 0. The molecule has 1 unspecified atom stereocenters. The highest BCUT2D eigenvalue weighted by molar-refractivity contribution is 5.80.